The molecule has 14 heavy (non-hydrogen) atoms. The van der Waals surface area contributed by atoms with Crippen molar-refractivity contribution in [3.05, 3.63) is 35.4 Å². The number of benzene rings is 1. The molecule has 1 rings (SSSR count). The fraction of sp³-hybridized carbons (Fsp3) is 0. The molecule has 6 heteroatoms. The molecule has 0 unspecified atom stereocenters. The average molecular weight is 196 g/mol. The Morgan fingerprint density at radius 3 is 2.14 bits per heavy atom. The van der Waals surface area contributed by atoms with Gasteiger partial charge in [0.15, 0.2) is 0 Å². The van der Waals surface area contributed by atoms with Gasteiger partial charge in [-0.05, 0) is 17.7 Å². The number of aromatic carboxylic acids is 1. The van der Waals surface area contributed by atoms with Gasteiger partial charge >= 0.3 is 5.97 Å². The monoisotopic (exact) mass is 196 g/mol. The number of carbonyl (C=O) groups is 1. The van der Waals surface area contributed by atoms with Gasteiger partial charge in [-0.3, -0.25) is 11.7 Å². The molecule has 1 aromatic carbocycles. The van der Waals surface area contributed by atoms with Crippen molar-refractivity contribution in [1.29, 1.82) is 0 Å². The smallest absolute Gasteiger partial charge is 0.335 e. The van der Waals surface area contributed by atoms with Crippen LogP contribution in [0, 0.1) is 0 Å². The third kappa shape index (κ3) is 3.65. The van der Waals surface area contributed by atoms with E-state index in [2.05, 4.69) is 16.8 Å². The number of hydrazine groups is 1. The Hall–Kier alpha value is -1.92. The second kappa shape index (κ2) is 6.58. The molecule has 7 N–H and O–H groups in total. The first-order chi connectivity index (χ1) is 6.74. The van der Waals surface area contributed by atoms with Crippen molar-refractivity contribution in [3.63, 3.8) is 0 Å². The maximum atomic E-state index is 10.4. The summed E-state index contributed by atoms with van der Waals surface area (Å²) in [5.74, 6) is 12.0. The lowest BCUT2D eigenvalue weighted by atomic mass is 10.1. The lowest BCUT2D eigenvalue weighted by Gasteiger charge is -1.93. The highest BCUT2D eigenvalue weighted by Gasteiger charge is 1.99. The van der Waals surface area contributed by atoms with Crippen LogP contribution in [-0.2, 0) is 0 Å². The van der Waals surface area contributed by atoms with Crippen molar-refractivity contribution in [2.24, 2.45) is 22.6 Å². The minimum atomic E-state index is -0.939. The number of hydrogen-bond acceptors (Lipinski definition) is 5. The fourth-order valence-electron chi connectivity index (χ4n) is 0.798. The van der Waals surface area contributed by atoms with Gasteiger partial charge in [-0.25, -0.2) is 4.79 Å². The van der Waals surface area contributed by atoms with Crippen LogP contribution in [-0.4, -0.2) is 17.3 Å². The molecule has 0 aliphatic carbocycles. The highest BCUT2D eigenvalue weighted by molar-refractivity contribution is 5.89. The van der Waals surface area contributed by atoms with Crippen LogP contribution in [0.1, 0.15) is 15.9 Å². The topological polar surface area (TPSA) is 128 Å². The summed E-state index contributed by atoms with van der Waals surface area (Å²) in [5.41, 5.74) is 1.03. The summed E-state index contributed by atoms with van der Waals surface area (Å²) in [6, 6.07) is 6.28. The molecule has 0 spiro atoms. The predicted octanol–water partition coefficient (Wildman–Crippen LogP) is -0.504. The Kier molecular flexibility index (Phi) is 5.68. The molecule has 0 saturated heterocycles. The molecule has 0 bridgehead atoms. The van der Waals surface area contributed by atoms with Gasteiger partial charge < -0.3 is 10.9 Å². The normalized spacial score (nSPS) is 9.29. The Morgan fingerprint density at radius 1 is 1.29 bits per heavy atom. The van der Waals surface area contributed by atoms with E-state index in [0.717, 1.165) is 5.56 Å². The van der Waals surface area contributed by atoms with E-state index in [1.165, 1.54) is 18.3 Å². The standard InChI is InChI=1S/C8H8N2O2.H4N2/c9-10-5-6-1-3-7(4-2-6)8(11)12;1-2/h1-5H,9H2,(H,11,12);1-2H2. The average Bonchev–Trinajstić information content (AvgIpc) is 2.22. The number of carboxylic acid groups (broad SMARTS) is 1. The molecule has 0 heterocycles. The summed E-state index contributed by atoms with van der Waals surface area (Å²) < 4.78 is 0. The molecule has 6 nitrogen and oxygen atoms in total. The van der Waals surface area contributed by atoms with E-state index in [0.29, 0.717) is 0 Å². The molecular weight excluding hydrogens is 184 g/mol. The lowest BCUT2D eigenvalue weighted by molar-refractivity contribution is 0.0697. The highest BCUT2D eigenvalue weighted by atomic mass is 16.4. The summed E-state index contributed by atoms with van der Waals surface area (Å²) in [5, 5.41) is 11.9. The van der Waals surface area contributed by atoms with Crippen LogP contribution in [0.3, 0.4) is 0 Å². The molecule has 0 aliphatic heterocycles. The third-order valence-corrected chi connectivity index (χ3v) is 1.38. The van der Waals surface area contributed by atoms with Gasteiger partial charge in [0.1, 0.15) is 0 Å². The lowest BCUT2D eigenvalue weighted by Crippen LogP contribution is -2.02. The Balaban J connectivity index is 0.000000791. The number of hydrazone groups is 1. The summed E-state index contributed by atoms with van der Waals surface area (Å²) in [4.78, 5) is 10.4. The van der Waals surface area contributed by atoms with E-state index in [1.807, 2.05) is 0 Å². The molecule has 0 saturated carbocycles. The predicted molar refractivity (Wildman–Crippen MR) is 53.6 cm³/mol. The van der Waals surface area contributed by atoms with Gasteiger partial charge in [-0.15, -0.1) is 0 Å². The van der Waals surface area contributed by atoms with Crippen LogP contribution in [0.5, 0.6) is 0 Å². The van der Waals surface area contributed by atoms with E-state index >= 15 is 0 Å². The van der Waals surface area contributed by atoms with Gasteiger partial charge in [0, 0.05) is 0 Å². The molecule has 0 radical (unpaired) electrons. The maximum Gasteiger partial charge on any atom is 0.335 e. The van der Waals surface area contributed by atoms with E-state index < -0.39 is 5.97 Å². The van der Waals surface area contributed by atoms with Crippen molar-refractivity contribution in [3.8, 4) is 0 Å². The van der Waals surface area contributed by atoms with Crippen LogP contribution in [0.2, 0.25) is 0 Å². The summed E-state index contributed by atoms with van der Waals surface area (Å²) in [6.07, 6.45) is 1.45. The number of rotatable bonds is 2. The largest absolute Gasteiger partial charge is 0.478 e. The summed E-state index contributed by atoms with van der Waals surface area (Å²) in [7, 11) is 0. The highest BCUT2D eigenvalue weighted by Crippen LogP contribution is 2.01. The number of nitrogens with two attached hydrogens (primary N) is 3. The Bertz CT molecular complexity index is 308. The van der Waals surface area contributed by atoms with Crippen LogP contribution in [0.4, 0.5) is 0 Å². The van der Waals surface area contributed by atoms with Crippen LogP contribution < -0.4 is 17.5 Å². The second-order valence-electron chi connectivity index (χ2n) is 2.21. The second-order valence-corrected chi connectivity index (χ2v) is 2.21. The molecule has 0 aromatic heterocycles. The summed E-state index contributed by atoms with van der Waals surface area (Å²) in [6.45, 7) is 0. The van der Waals surface area contributed by atoms with Gasteiger partial charge in [-0.1, -0.05) is 12.1 Å². The molecule has 0 fully saturated rings. The van der Waals surface area contributed by atoms with Crippen molar-refractivity contribution in [1.82, 2.24) is 0 Å². The molecule has 0 amide bonds. The molecule has 1 aromatic rings. The van der Waals surface area contributed by atoms with E-state index in [1.54, 1.807) is 12.1 Å². The first kappa shape index (κ1) is 12.1. The minimum absolute atomic E-state index is 0.254. The number of hydrogen-bond donors (Lipinski definition) is 4. The van der Waals surface area contributed by atoms with Gasteiger partial charge in [-0.2, -0.15) is 5.10 Å². The molecule has 0 atom stereocenters. The minimum Gasteiger partial charge on any atom is -0.478 e. The zero-order chi connectivity index (χ0) is 11.0. The molecule has 0 aliphatic rings. The molecule has 76 valence electrons. The van der Waals surface area contributed by atoms with Crippen LogP contribution in [0.25, 0.3) is 0 Å². The Morgan fingerprint density at radius 2 is 1.79 bits per heavy atom. The van der Waals surface area contributed by atoms with Crippen molar-refractivity contribution < 1.29 is 9.90 Å². The SMILES string of the molecule is NN.NN=Cc1ccc(C(=O)O)cc1. The van der Waals surface area contributed by atoms with E-state index in [-0.39, 0.29) is 5.56 Å². The quantitative estimate of drug-likeness (QED) is 0.288. The van der Waals surface area contributed by atoms with Gasteiger partial charge in [0.25, 0.3) is 0 Å². The maximum absolute atomic E-state index is 10.4. The Labute approximate surface area is 81.0 Å². The van der Waals surface area contributed by atoms with Gasteiger partial charge in [0.05, 0.1) is 11.8 Å². The van der Waals surface area contributed by atoms with Crippen LogP contribution >= 0.6 is 0 Å². The van der Waals surface area contributed by atoms with E-state index in [4.69, 9.17) is 10.9 Å². The van der Waals surface area contributed by atoms with Crippen molar-refractivity contribution in [2.75, 3.05) is 0 Å². The molecular formula is C8H12N4O2. The first-order valence-electron chi connectivity index (χ1n) is 3.64. The first-order valence-corrected chi connectivity index (χ1v) is 3.64. The van der Waals surface area contributed by atoms with E-state index in [9.17, 15) is 4.79 Å². The zero-order valence-corrected chi connectivity index (χ0v) is 7.42. The zero-order valence-electron chi connectivity index (χ0n) is 7.42. The van der Waals surface area contributed by atoms with Crippen molar-refractivity contribution in [2.45, 2.75) is 0 Å². The van der Waals surface area contributed by atoms with Crippen molar-refractivity contribution >= 4 is 12.2 Å². The van der Waals surface area contributed by atoms with Gasteiger partial charge in [0.2, 0.25) is 0 Å². The third-order valence-electron chi connectivity index (χ3n) is 1.38. The fourth-order valence-corrected chi connectivity index (χ4v) is 0.798. The summed E-state index contributed by atoms with van der Waals surface area (Å²) >= 11 is 0. The van der Waals surface area contributed by atoms with Crippen LogP contribution in [0.15, 0.2) is 29.4 Å². The number of carboxylic acids is 1. The number of nitrogens with zero attached hydrogens (tertiary/aromatic N) is 1.